The fourth-order valence-corrected chi connectivity index (χ4v) is 1.33. The Morgan fingerprint density at radius 2 is 2.21 bits per heavy atom. The highest BCUT2D eigenvalue weighted by Crippen LogP contribution is 2.21. The van der Waals surface area contributed by atoms with Crippen molar-refractivity contribution in [3.63, 3.8) is 0 Å². The zero-order valence-electron chi connectivity index (χ0n) is 7.06. The molecule has 0 aliphatic rings. The zero-order chi connectivity index (χ0) is 10.1. The number of carboxylic acid groups (broad SMARTS) is 1. The lowest BCUT2D eigenvalue weighted by atomic mass is 10.1. The molecular formula is C10H6O4. The van der Waals surface area contributed by atoms with Gasteiger partial charge in [-0.2, -0.15) is 0 Å². The van der Waals surface area contributed by atoms with Crippen LogP contribution in [0.2, 0.25) is 0 Å². The number of carbonyl (C=O) groups is 2. The number of hydrogen-bond donors (Lipinski definition) is 1. The number of carbonyl (C=O) groups excluding carboxylic acids is 1. The molecule has 4 nitrogen and oxygen atoms in total. The first-order valence-electron chi connectivity index (χ1n) is 3.92. The van der Waals surface area contributed by atoms with E-state index in [1.54, 1.807) is 12.1 Å². The molecule has 0 radical (unpaired) electrons. The van der Waals surface area contributed by atoms with E-state index in [1.165, 1.54) is 12.3 Å². The molecule has 2 rings (SSSR count). The van der Waals surface area contributed by atoms with E-state index in [9.17, 15) is 9.59 Å². The van der Waals surface area contributed by atoms with Gasteiger partial charge in [0.25, 0.3) is 0 Å². The third-order valence-corrected chi connectivity index (χ3v) is 1.94. The average Bonchev–Trinajstić information content (AvgIpc) is 2.63. The number of aldehydes is 1. The maximum absolute atomic E-state index is 10.8. The van der Waals surface area contributed by atoms with Gasteiger partial charge in [0.15, 0.2) is 0 Å². The van der Waals surface area contributed by atoms with E-state index in [0.29, 0.717) is 22.8 Å². The summed E-state index contributed by atoms with van der Waals surface area (Å²) in [5.41, 5.74) is 0.633. The van der Waals surface area contributed by atoms with Crippen LogP contribution in [0.25, 0.3) is 11.0 Å². The number of carboxylic acids is 1. The summed E-state index contributed by atoms with van der Waals surface area (Å²) in [4.78, 5) is 21.3. The largest absolute Gasteiger partial charge is 0.478 e. The molecule has 0 saturated carbocycles. The fraction of sp³-hybridized carbons (Fsp3) is 0. The monoisotopic (exact) mass is 190 g/mol. The first-order valence-corrected chi connectivity index (χ1v) is 3.92. The van der Waals surface area contributed by atoms with E-state index >= 15 is 0 Å². The average molecular weight is 190 g/mol. The zero-order valence-corrected chi connectivity index (χ0v) is 7.06. The van der Waals surface area contributed by atoms with E-state index in [2.05, 4.69) is 0 Å². The Labute approximate surface area is 78.8 Å². The SMILES string of the molecule is O=Cc1cc(C(=O)O)c2occc2c1. The van der Waals surface area contributed by atoms with Gasteiger partial charge in [0.2, 0.25) is 0 Å². The molecule has 0 aliphatic carbocycles. The van der Waals surface area contributed by atoms with Crippen LogP contribution in [0.3, 0.4) is 0 Å². The van der Waals surface area contributed by atoms with Crippen molar-refractivity contribution in [2.45, 2.75) is 0 Å². The summed E-state index contributed by atoms with van der Waals surface area (Å²) in [6.45, 7) is 0. The van der Waals surface area contributed by atoms with Crippen LogP contribution < -0.4 is 0 Å². The lowest BCUT2D eigenvalue weighted by Crippen LogP contribution is -1.97. The molecule has 0 amide bonds. The number of furan rings is 1. The summed E-state index contributed by atoms with van der Waals surface area (Å²) in [6.07, 6.45) is 2.00. The standard InChI is InChI=1S/C10H6O4/c11-5-6-3-7-1-2-14-9(7)8(4-6)10(12)13/h1-5H,(H,12,13). The minimum atomic E-state index is -1.10. The highest BCUT2D eigenvalue weighted by molar-refractivity contribution is 6.03. The van der Waals surface area contributed by atoms with Crippen LogP contribution in [0.4, 0.5) is 0 Å². The highest BCUT2D eigenvalue weighted by Gasteiger charge is 2.12. The maximum Gasteiger partial charge on any atom is 0.339 e. The number of rotatable bonds is 2. The van der Waals surface area contributed by atoms with Crippen LogP contribution in [0.5, 0.6) is 0 Å². The molecule has 2 aromatic rings. The van der Waals surface area contributed by atoms with Gasteiger partial charge in [0.05, 0.1) is 6.26 Å². The van der Waals surface area contributed by atoms with E-state index in [1.807, 2.05) is 0 Å². The van der Waals surface area contributed by atoms with Gasteiger partial charge < -0.3 is 9.52 Å². The number of benzene rings is 1. The second-order valence-electron chi connectivity index (χ2n) is 2.83. The van der Waals surface area contributed by atoms with Crippen molar-refractivity contribution in [2.24, 2.45) is 0 Å². The van der Waals surface area contributed by atoms with Crippen LogP contribution in [0.1, 0.15) is 20.7 Å². The second-order valence-corrected chi connectivity index (χ2v) is 2.83. The Kier molecular flexibility index (Phi) is 1.81. The number of hydrogen-bond acceptors (Lipinski definition) is 3. The predicted octanol–water partition coefficient (Wildman–Crippen LogP) is 1.94. The third kappa shape index (κ3) is 1.17. The summed E-state index contributed by atoms with van der Waals surface area (Å²) >= 11 is 0. The molecule has 1 N–H and O–H groups in total. The molecule has 0 atom stereocenters. The van der Waals surface area contributed by atoms with Crippen LogP contribution in [-0.4, -0.2) is 17.4 Å². The van der Waals surface area contributed by atoms with E-state index in [4.69, 9.17) is 9.52 Å². The summed E-state index contributed by atoms with van der Waals surface area (Å²) in [7, 11) is 0. The third-order valence-electron chi connectivity index (χ3n) is 1.94. The second kappa shape index (κ2) is 2.99. The van der Waals surface area contributed by atoms with E-state index in [0.717, 1.165) is 0 Å². The van der Waals surface area contributed by atoms with Crippen molar-refractivity contribution in [2.75, 3.05) is 0 Å². The van der Waals surface area contributed by atoms with Crippen molar-refractivity contribution in [1.82, 2.24) is 0 Å². The molecule has 1 aromatic carbocycles. The van der Waals surface area contributed by atoms with Gasteiger partial charge >= 0.3 is 5.97 Å². The van der Waals surface area contributed by atoms with E-state index in [-0.39, 0.29) is 5.56 Å². The number of aromatic carboxylic acids is 1. The molecule has 0 fully saturated rings. The van der Waals surface area contributed by atoms with Crippen LogP contribution in [0, 0.1) is 0 Å². The normalized spacial score (nSPS) is 10.3. The van der Waals surface area contributed by atoms with Gasteiger partial charge in [-0.25, -0.2) is 4.79 Å². The van der Waals surface area contributed by atoms with Crippen LogP contribution >= 0.6 is 0 Å². The van der Waals surface area contributed by atoms with Crippen LogP contribution in [0.15, 0.2) is 28.9 Å². The summed E-state index contributed by atoms with van der Waals surface area (Å²) in [5.74, 6) is -1.10. The number of fused-ring (bicyclic) bond motifs is 1. The first-order chi connectivity index (χ1) is 6.72. The molecular weight excluding hydrogens is 184 g/mol. The molecule has 0 aliphatic heterocycles. The summed E-state index contributed by atoms with van der Waals surface area (Å²) in [6, 6.07) is 4.49. The first kappa shape index (κ1) is 8.50. The fourth-order valence-electron chi connectivity index (χ4n) is 1.33. The van der Waals surface area contributed by atoms with Gasteiger partial charge in [-0.1, -0.05) is 0 Å². The Morgan fingerprint density at radius 1 is 1.43 bits per heavy atom. The van der Waals surface area contributed by atoms with Gasteiger partial charge in [0, 0.05) is 10.9 Å². The minimum absolute atomic E-state index is 0.00889. The van der Waals surface area contributed by atoms with Crippen LogP contribution in [-0.2, 0) is 0 Å². The Balaban J connectivity index is 2.83. The lowest BCUT2D eigenvalue weighted by molar-refractivity contribution is 0.0698. The molecule has 0 unspecified atom stereocenters. The minimum Gasteiger partial charge on any atom is -0.478 e. The quantitative estimate of drug-likeness (QED) is 0.735. The molecule has 0 saturated heterocycles. The molecule has 4 heteroatoms. The molecule has 70 valence electrons. The van der Waals surface area contributed by atoms with Crippen molar-refractivity contribution >= 4 is 23.2 Å². The molecule has 14 heavy (non-hydrogen) atoms. The van der Waals surface area contributed by atoms with Crippen molar-refractivity contribution in [3.05, 3.63) is 35.6 Å². The highest BCUT2D eigenvalue weighted by atomic mass is 16.4. The molecule has 0 spiro atoms. The smallest absolute Gasteiger partial charge is 0.339 e. The topological polar surface area (TPSA) is 67.5 Å². The Hall–Kier alpha value is -2.10. The predicted molar refractivity (Wildman–Crippen MR) is 48.6 cm³/mol. The van der Waals surface area contributed by atoms with Crippen molar-refractivity contribution < 1.29 is 19.1 Å². The molecule has 1 heterocycles. The maximum atomic E-state index is 10.8. The Bertz CT molecular complexity index is 510. The van der Waals surface area contributed by atoms with Gasteiger partial charge in [-0.15, -0.1) is 0 Å². The lowest BCUT2D eigenvalue weighted by Gasteiger charge is -1.97. The summed E-state index contributed by atoms with van der Waals surface area (Å²) < 4.78 is 5.01. The van der Waals surface area contributed by atoms with Gasteiger partial charge in [0.1, 0.15) is 17.4 Å². The van der Waals surface area contributed by atoms with E-state index < -0.39 is 5.97 Å². The molecule has 0 bridgehead atoms. The van der Waals surface area contributed by atoms with Crippen molar-refractivity contribution in [3.8, 4) is 0 Å². The summed E-state index contributed by atoms with van der Waals surface area (Å²) in [5, 5.41) is 9.46. The van der Waals surface area contributed by atoms with Crippen molar-refractivity contribution in [1.29, 1.82) is 0 Å². The van der Waals surface area contributed by atoms with Gasteiger partial charge in [-0.3, -0.25) is 4.79 Å². The van der Waals surface area contributed by atoms with Gasteiger partial charge in [-0.05, 0) is 18.2 Å². The Morgan fingerprint density at radius 3 is 2.86 bits per heavy atom. The molecule has 1 aromatic heterocycles.